The lowest BCUT2D eigenvalue weighted by Crippen LogP contribution is -2.10. The van der Waals surface area contributed by atoms with Crippen LogP contribution in [0.25, 0.3) is 0 Å². The lowest BCUT2D eigenvalue weighted by Gasteiger charge is -2.10. The molecule has 0 radical (unpaired) electrons. The smallest absolute Gasteiger partial charge is 0.177 e. The fraction of sp³-hybridized carbons (Fsp3) is 0.700. The largest absolute Gasteiger partial charge is 0.378 e. The van der Waals surface area contributed by atoms with Gasteiger partial charge in [0.25, 0.3) is 0 Å². The second-order valence-electron chi connectivity index (χ2n) is 3.81. The van der Waals surface area contributed by atoms with Crippen LogP contribution in [0.4, 0.5) is 0 Å². The molecule has 0 aliphatic carbocycles. The molecule has 14 heavy (non-hydrogen) atoms. The molecule has 0 saturated carbocycles. The van der Waals surface area contributed by atoms with Crippen LogP contribution in [0.2, 0.25) is 0 Å². The number of hydrogen-bond acceptors (Lipinski definition) is 2. The maximum atomic E-state index is 5.57. The average molecular weight is 212 g/mol. The molecule has 0 spiro atoms. The van der Waals surface area contributed by atoms with Crippen molar-refractivity contribution in [2.24, 2.45) is 0 Å². The Morgan fingerprint density at radius 1 is 1.71 bits per heavy atom. The van der Waals surface area contributed by atoms with Gasteiger partial charge >= 0.3 is 0 Å². The molecule has 1 aromatic rings. The van der Waals surface area contributed by atoms with Gasteiger partial charge in [-0.3, -0.25) is 0 Å². The molecular formula is C10H16N2OS. The Bertz CT molecular complexity index is 349. The van der Waals surface area contributed by atoms with Crippen molar-refractivity contribution >= 4 is 12.2 Å². The summed E-state index contributed by atoms with van der Waals surface area (Å²) in [7, 11) is 0. The fourth-order valence-electron chi connectivity index (χ4n) is 1.91. The molecule has 2 rings (SSSR count). The number of nitrogens with one attached hydrogen (secondary N) is 1. The summed E-state index contributed by atoms with van der Waals surface area (Å²) in [5.74, 6) is 0. The van der Waals surface area contributed by atoms with Gasteiger partial charge in [0.2, 0.25) is 0 Å². The van der Waals surface area contributed by atoms with Crippen LogP contribution in [0.15, 0.2) is 6.20 Å². The third-order valence-corrected chi connectivity index (χ3v) is 3.11. The predicted octanol–water partition coefficient (Wildman–Crippen LogP) is 2.42. The van der Waals surface area contributed by atoms with E-state index in [0.717, 1.165) is 24.3 Å². The molecule has 1 atom stereocenters. The Morgan fingerprint density at radius 3 is 3.14 bits per heavy atom. The Kier molecular flexibility index (Phi) is 3.03. The summed E-state index contributed by atoms with van der Waals surface area (Å²) in [6, 6.07) is 0. The van der Waals surface area contributed by atoms with Crippen LogP contribution in [-0.4, -0.2) is 22.3 Å². The van der Waals surface area contributed by atoms with Gasteiger partial charge < -0.3 is 14.3 Å². The van der Waals surface area contributed by atoms with E-state index in [1.165, 1.54) is 18.5 Å². The van der Waals surface area contributed by atoms with Crippen molar-refractivity contribution in [3.05, 3.63) is 16.7 Å². The number of aryl methyl sites for hydroxylation is 1. The Morgan fingerprint density at radius 2 is 2.57 bits per heavy atom. The maximum absolute atomic E-state index is 5.57. The van der Waals surface area contributed by atoms with Gasteiger partial charge in [-0.15, -0.1) is 0 Å². The molecule has 3 nitrogen and oxygen atoms in total. The summed E-state index contributed by atoms with van der Waals surface area (Å²) in [5, 5.41) is 0. The zero-order valence-electron chi connectivity index (χ0n) is 8.45. The minimum absolute atomic E-state index is 0.450. The van der Waals surface area contributed by atoms with Crippen molar-refractivity contribution in [2.45, 2.75) is 38.8 Å². The highest BCUT2D eigenvalue weighted by Gasteiger charge is 2.15. The fourth-order valence-corrected chi connectivity index (χ4v) is 2.20. The predicted molar refractivity (Wildman–Crippen MR) is 57.9 cm³/mol. The molecule has 1 aromatic heterocycles. The summed E-state index contributed by atoms with van der Waals surface area (Å²) < 4.78 is 8.53. The number of nitrogens with zero attached hydrogens (tertiary/aromatic N) is 1. The van der Waals surface area contributed by atoms with Gasteiger partial charge in [0.1, 0.15) is 0 Å². The third kappa shape index (κ3) is 2.07. The topological polar surface area (TPSA) is 29.9 Å². The molecule has 1 unspecified atom stereocenters. The first-order chi connectivity index (χ1) is 6.77. The van der Waals surface area contributed by atoms with Crippen LogP contribution in [0.1, 0.15) is 25.0 Å². The quantitative estimate of drug-likeness (QED) is 0.780. The van der Waals surface area contributed by atoms with E-state index >= 15 is 0 Å². The van der Waals surface area contributed by atoms with Crippen molar-refractivity contribution in [2.75, 3.05) is 6.61 Å². The third-order valence-electron chi connectivity index (χ3n) is 2.77. The van der Waals surface area contributed by atoms with Crippen molar-refractivity contribution in [3.63, 3.8) is 0 Å². The van der Waals surface area contributed by atoms with E-state index in [1.807, 2.05) is 6.20 Å². The number of H-pyrrole nitrogens is 1. The summed E-state index contributed by atoms with van der Waals surface area (Å²) in [6.07, 6.45) is 5.90. The number of aromatic nitrogens is 2. The van der Waals surface area contributed by atoms with E-state index in [2.05, 4.69) is 16.5 Å². The normalized spacial score (nSPS) is 21.6. The molecule has 0 aromatic carbocycles. The Labute approximate surface area is 89.1 Å². The van der Waals surface area contributed by atoms with Gasteiger partial charge in [-0.2, -0.15) is 0 Å². The molecule has 78 valence electrons. The number of imidazole rings is 1. The number of aromatic amines is 1. The zero-order chi connectivity index (χ0) is 9.97. The molecule has 1 aliphatic rings. The summed E-state index contributed by atoms with van der Waals surface area (Å²) in [4.78, 5) is 3.05. The highest BCUT2D eigenvalue weighted by Crippen LogP contribution is 2.16. The first-order valence-corrected chi connectivity index (χ1v) is 5.54. The van der Waals surface area contributed by atoms with Crippen LogP contribution < -0.4 is 0 Å². The van der Waals surface area contributed by atoms with Gasteiger partial charge in [0, 0.05) is 25.0 Å². The first kappa shape index (κ1) is 9.93. The molecule has 2 heterocycles. The number of rotatable bonds is 3. The van der Waals surface area contributed by atoms with Crippen molar-refractivity contribution in [3.8, 4) is 0 Å². The van der Waals surface area contributed by atoms with E-state index in [0.29, 0.717) is 6.10 Å². The van der Waals surface area contributed by atoms with Crippen LogP contribution in [0, 0.1) is 11.7 Å². The molecule has 1 saturated heterocycles. The zero-order valence-corrected chi connectivity index (χ0v) is 9.27. The molecule has 0 amide bonds. The second-order valence-corrected chi connectivity index (χ2v) is 4.20. The summed E-state index contributed by atoms with van der Waals surface area (Å²) in [5.41, 5.74) is 1.20. The van der Waals surface area contributed by atoms with Crippen LogP contribution in [0.3, 0.4) is 0 Å². The molecule has 0 bridgehead atoms. The van der Waals surface area contributed by atoms with Crippen molar-refractivity contribution in [1.29, 1.82) is 0 Å². The SMILES string of the molecule is Cc1c[nH]c(=S)n1CCC1CCCO1. The lowest BCUT2D eigenvalue weighted by atomic mass is 10.2. The van der Waals surface area contributed by atoms with Crippen LogP contribution in [-0.2, 0) is 11.3 Å². The highest BCUT2D eigenvalue weighted by molar-refractivity contribution is 7.71. The second kappa shape index (κ2) is 4.28. The molecular weight excluding hydrogens is 196 g/mol. The monoisotopic (exact) mass is 212 g/mol. The standard InChI is InChI=1S/C10H16N2OS/c1-8-7-11-10(14)12(8)5-4-9-3-2-6-13-9/h7,9H,2-6H2,1H3,(H,11,14). The van der Waals surface area contributed by atoms with Crippen molar-refractivity contribution < 1.29 is 4.74 Å². The minimum Gasteiger partial charge on any atom is -0.378 e. The summed E-state index contributed by atoms with van der Waals surface area (Å²) >= 11 is 5.18. The molecule has 1 N–H and O–H groups in total. The van der Waals surface area contributed by atoms with Gasteiger partial charge in [0.15, 0.2) is 4.77 Å². The molecule has 1 fully saturated rings. The van der Waals surface area contributed by atoms with E-state index in [-0.39, 0.29) is 0 Å². The Hall–Kier alpha value is -0.610. The average Bonchev–Trinajstić information content (AvgIpc) is 2.76. The summed E-state index contributed by atoms with van der Waals surface area (Å²) in [6.45, 7) is 3.98. The van der Waals surface area contributed by atoms with E-state index < -0.39 is 0 Å². The van der Waals surface area contributed by atoms with Crippen LogP contribution >= 0.6 is 12.2 Å². The maximum Gasteiger partial charge on any atom is 0.177 e. The minimum atomic E-state index is 0.450. The number of hydrogen-bond donors (Lipinski definition) is 1. The van der Waals surface area contributed by atoms with Gasteiger partial charge in [-0.25, -0.2) is 0 Å². The van der Waals surface area contributed by atoms with Gasteiger partial charge in [0.05, 0.1) is 6.10 Å². The first-order valence-electron chi connectivity index (χ1n) is 5.14. The highest BCUT2D eigenvalue weighted by atomic mass is 32.1. The van der Waals surface area contributed by atoms with E-state index in [1.54, 1.807) is 0 Å². The van der Waals surface area contributed by atoms with Crippen molar-refractivity contribution in [1.82, 2.24) is 9.55 Å². The Balaban J connectivity index is 1.94. The van der Waals surface area contributed by atoms with E-state index in [4.69, 9.17) is 17.0 Å². The molecule has 1 aliphatic heterocycles. The van der Waals surface area contributed by atoms with Crippen LogP contribution in [0.5, 0.6) is 0 Å². The van der Waals surface area contributed by atoms with Gasteiger partial charge in [-0.1, -0.05) is 0 Å². The van der Waals surface area contributed by atoms with E-state index in [9.17, 15) is 0 Å². The molecule has 4 heteroatoms. The number of ether oxygens (including phenoxy) is 1. The lowest BCUT2D eigenvalue weighted by molar-refractivity contribution is 0.100. The van der Waals surface area contributed by atoms with Gasteiger partial charge in [-0.05, 0) is 38.4 Å².